The van der Waals surface area contributed by atoms with E-state index in [1.807, 2.05) is 6.92 Å². The van der Waals surface area contributed by atoms with Gasteiger partial charge >= 0.3 is 0 Å². The average Bonchev–Trinajstić information content (AvgIpc) is 2.45. The van der Waals surface area contributed by atoms with Gasteiger partial charge in [0.25, 0.3) is 0 Å². The number of benzene rings is 1. The van der Waals surface area contributed by atoms with Gasteiger partial charge in [0.15, 0.2) is 0 Å². The molecule has 1 saturated heterocycles. The van der Waals surface area contributed by atoms with E-state index < -0.39 is 10.0 Å². The number of anilines is 1. The van der Waals surface area contributed by atoms with Crippen LogP contribution in [0.15, 0.2) is 12.1 Å². The van der Waals surface area contributed by atoms with Gasteiger partial charge in [-0.3, -0.25) is 0 Å². The van der Waals surface area contributed by atoms with Crippen molar-refractivity contribution in [2.24, 2.45) is 0 Å². The maximum atomic E-state index is 12.3. The van der Waals surface area contributed by atoms with Gasteiger partial charge in [-0.1, -0.05) is 31.0 Å². The smallest absolute Gasteiger partial charge is 0.214 e. The molecule has 0 saturated carbocycles. The molecule has 0 amide bonds. The Morgan fingerprint density at radius 3 is 2.05 bits per heavy atom. The van der Waals surface area contributed by atoms with E-state index in [1.165, 1.54) is 22.4 Å². The van der Waals surface area contributed by atoms with Crippen LogP contribution in [0.25, 0.3) is 0 Å². The Kier molecular flexibility index (Phi) is 5.50. The van der Waals surface area contributed by atoms with Crippen LogP contribution in [0, 0.1) is 20.8 Å². The first-order valence-corrected chi connectivity index (χ1v) is 9.76. The highest BCUT2D eigenvalue weighted by atomic mass is 32.2. The van der Waals surface area contributed by atoms with E-state index in [1.54, 1.807) is 4.31 Å². The minimum absolute atomic E-state index is 0.284. The molecule has 0 N–H and O–H groups in total. The topological polar surface area (TPSA) is 40.6 Å². The highest BCUT2D eigenvalue weighted by molar-refractivity contribution is 7.89. The number of aryl methyl sites for hydroxylation is 3. The molecule has 0 spiro atoms. The van der Waals surface area contributed by atoms with Gasteiger partial charge < -0.3 is 4.90 Å². The number of unbranched alkanes of at least 4 members (excludes halogenated alkanes) is 1. The molecule has 4 nitrogen and oxygen atoms in total. The molecular formula is C17H28N2O2S. The van der Waals surface area contributed by atoms with Gasteiger partial charge in [0.1, 0.15) is 0 Å². The van der Waals surface area contributed by atoms with E-state index in [9.17, 15) is 8.42 Å². The van der Waals surface area contributed by atoms with Crippen LogP contribution in [-0.2, 0) is 10.0 Å². The second kappa shape index (κ2) is 7.01. The first-order chi connectivity index (χ1) is 10.3. The fourth-order valence-electron chi connectivity index (χ4n) is 3.32. The molecule has 0 aliphatic carbocycles. The molecule has 0 unspecified atom stereocenters. The van der Waals surface area contributed by atoms with Crippen molar-refractivity contribution in [3.05, 3.63) is 28.8 Å². The number of hydrogen-bond acceptors (Lipinski definition) is 3. The fourth-order valence-corrected chi connectivity index (χ4v) is 4.95. The van der Waals surface area contributed by atoms with Crippen molar-refractivity contribution < 1.29 is 8.42 Å². The van der Waals surface area contributed by atoms with Crippen LogP contribution in [-0.4, -0.2) is 44.7 Å². The lowest BCUT2D eigenvalue weighted by Gasteiger charge is -2.37. The minimum Gasteiger partial charge on any atom is -0.368 e. The molecule has 2 rings (SSSR count). The Bertz CT molecular complexity index is 595. The lowest BCUT2D eigenvalue weighted by Crippen LogP contribution is -2.49. The summed E-state index contributed by atoms with van der Waals surface area (Å²) in [5.74, 6) is 0.284. The standard InChI is InChI=1S/C17H28N2O2S/c1-5-6-11-22(20,21)19-9-7-18(8-10-19)17-15(3)12-14(2)13-16(17)4/h12-13H,5-11H2,1-4H3. The number of hydrogen-bond donors (Lipinski definition) is 0. The van der Waals surface area contributed by atoms with E-state index >= 15 is 0 Å². The molecule has 0 bridgehead atoms. The van der Waals surface area contributed by atoms with Crippen LogP contribution in [0.1, 0.15) is 36.5 Å². The zero-order chi connectivity index (χ0) is 16.3. The molecule has 1 aliphatic heterocycles. The van der Waals surface area contributed by atoms with Crippen molar-refractivity contribution in [3.63, 3.8) is 0 Å². The van der Waals surface area contributed by atoms with Crippen LogP contribution in [0.3, 0.4) is 0 Å². The fraction of sp³-hybridized carbons (Fsp3) is 0.647. The predicted molar refractivity (Wildman–Crippen MR) is 93.1 cm³/mol. The average molecular weight is 324 g/mol. The molecule has 1 heterocycles. The Balaban J connectivity index is 2.07. The van der Waals surface area contributed by atoms with Crippen molar-refractivity contribution in [2.45, 2.75) is 40.5 Å². The summed E-state index contributed by atoms with van der Waals surface area (Å²) < 4.78 is 26.2. The van der Waals surface area contributed by atoms with E-state index in [0.29, 0.717) is 13.1 Å². The van der Waals surface area contributed by atoms with Crippen LogP contribution < -0.4 is 4.90 Å². The van der Waals surface area contributed by atoms with E-state index in [-0.39, 0.29) is 5.75 Å². The number of nitrogens with zero attached hydrogens (tertiary/aromatic N) is 2. The van der Waals surface area contributed by atoms with Crippen molar-refractivity contribution >= 4 is 15.7 Å². The summed E-state index contributed by atoms with van der Waals surface area (Å²) in [6.45, 7) is 11.2. The SMILES string of the molecule is CCCCS(=O)(=O)N1CCN(c2c(C)cc(C)cc2C)CC1. The number of rotatable bonds is 5. The van der Waals surface area contributed by atoms with Gasteiger partial charge in [0.2, 0.25) is 10.0 Å². The molecule has 0 atom stereocenters. The Morgan fingerprint density at radius 1 is 1.00 bits per heavy atom. The van der Waals surface area contributed by atoms with E-state index in [2.05, 4.69) is 37.8 Å². The highest BCUT2D eigenvalue weighted by Gasteiger charge is 2.27. The zero-order valence-electron chi connectivity index (χ0n) is 14.2. The molecular weight excluding hydrogens is 296 g/mol. The largest absolute Gasteiger partial charge is 0.368 e. The summed E-state index contributed by atoms with van der Waals surface area (Å²) >= 11 is 0. The first kappa shape index (κ1) is 17.3. The van der Waals surface area contributed by atoms with E-state index in [4.69, 9.17) is 0 Å². The van der Waals surface area contributed by atoms with Gasteiger partial charge in [-0.25, -0.2) is 8.42 Å². The lowest BCUT2D eigenvalue weighted by molar-refractivity contribution is 0.384. The molecule has 1 aliphatic rings. The van der Waals surface area contributed by atoms with Gasteiger partial charge in [0, 0.05) is 31.9 Å². The van der Waals surface area contributed by atoms with Crippen molar-refractivity contribution in [1.29, 1.82) is 0 Å². The second-order valence-electron chi connectivity index (χ2n) is 6.30. The van der Waals surface area contributed by atoms with Crippen LogP contribution in [0.2, 0.25) is 0 Å². The third-order valence-corrected chi connectivity index (χ3v) is 6.30. The Labute approximate surface area is 135 Å². The zero-order valence-corrected chi connectivity index (χ0v) is 15.0. The summed E-state index contributed by atoms with van der Waals surface area (Å²) in [7, 11) is -3.07. The summed E-state index contributed by atoms with van der Waals surface area (Å²) in [6, 6.07) is 4.40. The third kappa shape index (κ3) is 3.82. The van der Waals surface area contributed by atoms with Crippen LogP contribution in [0.4, 0.5) is 5.69 Å². The summed E-state index contributed by atoms with van der Waals surface area (Å²) in [6.07, 6.45) is 1.67. The van der Waals surface area contributed by atoms with Crippen molar-refractivity contribution in [3.8, 4) is 0 Å². The Morgan fingerprint density at radius 2 is 1.55 bits per heavy atom. The van der Waals surface area contributed by atoms with Gasteiger partial charge in [-0.05, 0) is 38.3 Å². The lowest BCUT2D eigenvalue weighted by atomic mass is 10.0. The summed E-state index contributed by atoms with van der Waals surface area (Å²) in [5, 5.41) is 0. The molecule has 1 fully saturated rings. The molecule has 0 aromatic heterocycles. The summed E-state index contributed by atoms with van der Waals surface area (Å²) in [4.78, 5) is 2.33. The molecule has 124 valence electrons. The van der Waals surface area contributed by atoms with Crippen molar-refractivity contribution in [2.75, 3.05) is 36.8 Å². The monoisotopic (exact) mass is 324 g/mol. The maximum absolute atomic E-state index is 12.3. The van der Waals surface area contributed by atoms with E-state index in [0.717, 1.165) is 25.9 Å². The van der Waals surface area contributed by atoms with Crippen LogP contribution in [0.5, 0.6) is 0 Å². The van der Waals surface area contributed by atoms with Gasteiger partial charge in [-0.2, -0.15) is 4.31 Å². The second-order valence-corrected chi connectivity index (χ2v) is 8.39. The molecule has 0 radical (unpaired) electrons. The summed E-state index contributed by atoms with van der Waals surface area (Å²) in [5.41, 5.74) is 5.11. The Hall–Kier alpha value is -1.07. The molecule has 5 heteroatoms. The quantitative estimate of drug-likeness (QED) is 0.836. The molecule has 1 aromatic rings. The first-order valence-electron chi connectivity index (χ1n) is 8.15. The van der Waals surface area contributed by atoms with Crippen molar-refractivity contribution in [1.82, 2.24) is 4.31 Å². The molecule has 22 heavy (non-hydrogen) atoms. The highest BCUT2D eigenvalue weighted by Crippen LogP contribution is 2.27. The van der Waals surface area contributed by atoms with Crippen LogP contribution >= 0.6 is 0 Å². The number of sulfonamides is 1. The minimum atomic E-state index is -3.07. The third-order valence-electron chi connectivity index (χ3n) is 4.34. The maximum Gasteiger partial charge on any atom is 0.214 e. The predicted octanol–water partition coefficient (Wildman–Crippen LogP) is 2.86. The van der Waals surface area contributed by atoms with Gasteiger partial charge in [-0.15, -0.1) is 0 Å². The molecule has 1 aromatic carbocycles. The van der Waals surface area contributed by atoms with Gasteiger partial charge in [0.05, 0.1) is 5.75 Å². The normalized spacial score (nSPS) is 17.0. The number of piperazine rings is 1.